The molecule has 0 aliphatic carbocycles. The van der Waals surface area contributed by atoms with Crippen molar-refractivity contribution in [3.63, 3.8) is 0 Å². The van der Waals surface area contributed by atoms with E-state index in [-0.39, 0.29) is 11.9 Å². The van der Waals surface area contributed by atoms with Gasteiger partial charge in [-0.3, -0.25) is 4.79 Å². The van der Waals surface area contributed by atoms with Gasteiger partial charge in [0, 0.05) is 17.5 Å². The summed E-state index contributed by atoms with van der Waals surface area (Å²) in [6.45, 7) is 4.56. The van der Waals surface area contributed by atoms with Gasteiger partial charge in [0.2, 0.25) is 0 Å². The minimum Gasteiger partial charge on any atom is -0.495 e. The molecule has 0 aliphatic rings. The van der Waals surface area contributed by atoms with Crippen LogP contribution in [0.2, 0.25) is 0 Å². The third-order valence-electron chi connectivity index (χ3n) is 2.77. The average molecular weight is 270 g/mol. The molecule has 0 spiro atoms. The molecule has 102 valence electrons. The summed E-state index contributed by atoms with van der Waals surface area (Å²) in [7, 11) is 1.58. The largest absolute Gasteiger partial charge is 0.495 e. The Morgan fingerprint density at radius 1 is 1.61 bits per heavy atom. The number of amides is 1. The predicted octanol–water partition coefficient (Wildman–Crippen LogP) is 2.31. The highest BCUT2D eigenvalue weighted by atomic mass is 32.1. The maximum absolute atomic E-state index is 12.1. The summed E-state index contributed by atoms with van der Waals surface area (Å²) in [6, 6.07) is 1.92. The van der Waals surface area contributed by atoms with Crippen molar-refractivity contribution in [3.8, 4) is 5.75 Å². The van der Waals surface area contributed by atoms with Crippen molar-refractivity contribution >= 4 is 17.2 Å². The van der Waals surface area contributed by atoms with Crippen molar-refractivity contribution in [2.45, 2.75) is 39.2 Å². The van der Waals surface area contributed by atoms with Gasteiger partial charge in [0.15, 0.2) is 0 Å². The van der Waals surface area contributed by atoms with E-state index in [1.807, 2.05) is 13.0 Å². The van der Waals surface area contributed by atoms with Crippen LogP contribution in [0.1, 0.15) is 40.7 Å². The van der Waals surface area contributed by atoms with Gasteiger partial charge in [-0.15, -0.1) is 11.3 Å². The summed E-state index contributed by atoms with van der Waals surface area (Å²) >= 11 is 1.45. The van der Waals surface area contributed by atoms with Gasteiger partial charge in [0.25, 0.3) is 5.91 Å². The molecule has 0 aliphatic heterocycles. The summed E-state index contributed by atoms with van der Waals surface area (Å²) in [5, 5.41) is 2.97. The molecule has 0 saturated carbocycles. The number of rotatable bonds is 7. The molecule has 1 aromatic rings. The first-order valence-electron chi connectivity index (χ1n) is 6.27. The Labute approximate surface area is 113 Å². The fourth-order valence-electron chi connectivity index (χ4n) is 1.75. The molecule has 4 nitrogen and oxygen atoms in total. The van der Waals surface area contributed by atoms with Crippen LogP contribution in [0, 0.1) is 6.92 Å². The molecule has 1 aromatic heterocycles. The zero-order chi connectivity index (χ0) is 13.5. The van der Waals surface area contributed by atoms with Gasteiger partial charge in [0.1, 0.15) is 10.6 Å². The van der Waals surface area contributed by atoms with Gasteiger partial charge >= 0.3 is 0 Å². The molecule has 0 radical (unpaired) electrons. The number of carbonyl (C=O) groups excluding carboxylic acids is 1. The normalized spacial score (nSPS) is 12.2. The molecule has 3 N–H and O–H groups in total. The lowest BCUT2D eigenvalue weighted by Gasteiger charge is -2.16. The molecule has 0 fully saturated rings. The average Bonchev–Trinajstić information content (AvgIpc) is 2.75. The fourth-order valence-corrected chi connectivity index (χ4v) is 2.63. The standard InChI is InChI=1S/C13H22N2O2S/c1-4-5-6-10(8-14)15-13(16)12-11(17-3)7-9(2)18-12/h7,10H,4-6,8,14H2,1-3H3,(H,15,16). The smallest absolute Gasteiger partial charge is 0.265 e. The molecule has 0 saturated heterocycles. The minimum atomic E-state index is -0.0866. The van der Waals surface area contributed by atoms with Crippen molar-refractivity contribution < 1.29 is 9.53 Å². The number of nitrogens with one attached hydrogen (secondary N) is 1. The molecule has 18 heavy (non-hydrogen) atoms. The van der Waals surface area contributed by atoms with E-state index in [1.165, 1.54) is 11.3 Å². The lowest BCUT2D eigenvalue weighted by Crippen LogP contribution is -2.39. The molecule has 1 rings (SSSR count). The maximum atomic E-state index is 12.1. The van der Waals surface area contributed by atoms with Crippen LogP contribution >= 0.6 is 11.3 Å². The second kappa shape index (κ2) is 7.38. The topological polar surface area (TPSA) is 64.3 Å². The number of thiophene rings is 1. The summed E-state index contributed by atoms with van der Waals surface area (Å²) in [4.78, 5) is 13.8. The maximum Gasteiger partial charge on any atom is 0.265 e. The van der Waals surface area contributed by atoms with Gasteiger partial charge in [-0.05, 0) is 19.4 Å². The van der Waals surface area contributed by atoms with Crippen molar-refractivity contribution in [1.82, 2.24) is 5.32 Å². The second-order valence-electron chi connectivity index (χ2n) is 4.30. The van der Waals surface area contributed by atoms with Gasteiger partial charge in [-0.25, -0.2) is 0 Å². The van der Waals surface area contributed by atoms with Gasteiger partial charge in [-0.2, -0.15) is 0 Å². The highest BCUT2D eigenvalue weighted by molar-refractivity contribution is 7.14. The van der Waals surface area contributed by atoms with Crippen LogP contribution < -0.4 is 15.8 Å². The summed E-state index contributed by atoms with van der Waals surface area (Å²) in [6.07, 6.45) is 3.10. The zero-order valence-electron chi connectivity index (χ0n) is 11.3. The third kappa shape index (κ3) is 3.99. The van der Waals surface area contributed by atoms with Crippen molar-refractivity contribution in [1.29, 1.82) is 0 Å². The monoisotopic (exact) mass is 270 g/mol. The van der Waals surface area contributed by atoms with Gasteiger partial charge in [-0.1, -0.05) is 19.8 Å². The van der Waals surface area contributed by atoms with Gasteiger partial charge in [0.05, 0.1) is 7.11 Å². The van der Waals surface area contributed by atoms with Crippen molar-refractivity contribution in [2.75, 3.05) is 13.7 Å². The van der Waals surface area contributed by atoms with Crippen LogP contribution in [0.5, 0.6) is 5.75 Å². The lowest BCUT2D eigenvalue weighted by atomic mass is 10.1. The number of aryl methyl sites for hydroxylation is 1. The number of nitrogens with two attached hydrogens (primary N) is 1. The molecule has 0 bridgehead atoms. The first-order chi connectivity index (χ1) is 8.62. The molecular weight excluding hydrogens is 248 g/mol. The number of hydrogen-bond acceptors (Lipinski definition) is 4. The van der Waals surface area contributed by atoms with E-state index in [1.54, 1.807) is 7.11 Å². The summed E-state index contributed by atoms with van der Waals surface area (Å²) in [5.74, 6) is 0.553. The van der Waals surface area contributed by atoms with E-state index in [0.29, 0.717) is 17.2 Å². The molecule has 1 unspecified atom stereocenters. The van der Waals surface area contributed by atoms with Crippen LogP contribution in [0.3, 0.4) is 0 Å². The van der Waals surface area contributed by atoms with E-state index < -0.39 is 0 Å². The fraction of sp³-hybridized carbons (Fsp3) is 0.615. The first-order valence-corrected chi connectivity index (χ1v) is 7.09. The number of unbranched alkanes of at least 4 members (excludes halogenated alkanes) is 1. The Balaban J connectivity index is 2.68. The van der Waals surface area contributed by atoms with Crippen molar-refractivity contribution in [2.24, 2.45) is 5.73 Å². The molecule has 1 atom stereocenters. The highest BCUT2D eigenvalue weighted by Gasteiger charge is 2.18. The summed E-state index contributed by atoms with van der Waals surface area (Å²) < 4.78 is 5.20. The Morgan fingerprint density at radius 3 is 2.89 bits per heavy atom. The molecular formula is C13H22N2O2S. The van der Waals surface area contributed by atoms with Gasteiger partial charge < -0.3 is 15.8 Å². The van der Waals surface area contributed by atoms with Crippen LogP contribution in [-0.2, 0) is 0 Å². The van der Waals surface area contributed by atoms with Crippen LogP contribution in [0.15, 0.2) is 6.07 Å². The van der Waals surface area contributed by atoms with E-state index in [0.717, 1.165) is 24.1 Å². The van der Waals surface area contributed by atoms with Crippen LogP contribution in [0.4, 0.5) is 0 Å². The number of methoxy groups -OCH3 is 1. The third-order valence-corrected chi connectivity index (χ3v) is 3.80. The summed E-state index contributed by atoms with van der Waals surface area (Å²) in [5.41, 5.74) is 5.67. The predicted molar refractivity (Wildman–Crippen MR) is 75.4 cm³/mol. The second-order valence-corrected chi connectivity index (χ2v) is 5.56. The molecule has 0 aromatic carbocycles. The molecule has 1 heterocycles. The number of hydrogen-bond donors (Lipinski definition) is 2. The van der Waals surface area contributed by atoms with E-state index in [4.69, 9.17) is 10.5 Å². The number of carbonyl (C=O) groups is 1. The Kier molecular flexibility index (Phi) is 6.15. The van der Waals surface area contributed by atoms with Crippen molar-refractivity contribution in [3.05, 3.63) is 15.8 Å². The Bertz CT molecular complexity index is 390. The first kappa shape index (κ1) is 15.0. The van der Waals surface area contributed by atoms with E-state index in [2.05, 4.69) is 12.2 Å². The highest BCUT2D eigenvalue weighted by Crippen LogP contribution is 2.28. The van der Waals surface area contributed by atoms with E-state index in [9.17, 15) is 4.79 Å². The lowest BCUT2D eigenvalue weighted by molar-refractivity contribution is 0.0937. The van der Waals surface area contributed by atoms with Crippen LogP contribution in [-0.4, -0.2) is 25.6 Å². The minimum absolute atomic E-state index is 0.0459. The number of ether oxygens (including phenoxy) is 1. The molecule has 5 heteroatoms. The zero-order valence-corrected chi connectivity index (χ0v) is 12.1. The van der Waals surface area contributed by atoms with Crippen LogP contribution in [0.25, 0.3) is 0 Å². The SMILES string of the molecule is CCCCC(CN)NC(=O)c1sc(C)cc1OC. The Hall–Kier alpha value is -1.07. The van der Waals surface area contributed by atoms with E-state index >= 15 is 0 Å². The molecule has 1 amide bonds. The quantitative estimate of drug-likeness (QED) is 0.799. The Morgan fingerprint density at radius 2 is 2.33 bits per heavy atom.